The van der Waals surface area contributed by atoms with Gasteiger partial charge >= 0.3 is 0 Å². The van der Waals surface area contributed by atoms with Gasteiger partial charge in [-0.05, 0) is 25.7 Å². The predicted molar refractivity (Wildman–Crippen MR) is 74.6 cm³/mol. The largest absolute Gasteiger partial charge is 0.378 e. The van der Waals surface area contributed by atoms with Crippen molar-refractivity contribution in [3.8, 4) is 0 Å². The molecule has 1 aromatic rings. The Kier molecular flexibility index (Phi) is 4.84. The molecule has 0 aliphatic heterocycles. The van der Waals surface area contributed by atoms with Crippen LogP contribution in [-0.4, -0.2) is 23.4 Å². The summed E-state index contributed by atoms with van der Waals surface area (Å²) < 4.78 is 5.46. The lowest BCUT2D eigenvalue weighted by Crippen LogP contribution is -2.33. The number of para-hydroxylation sites is 1. The number of nitro benzene ring substituents is 1. The highest BCUT2D eigenvalue weighted by Crippen LogP contribution is 2.33. The fourth-order valence-electron chi connectivity index (χ4n) is 2.66. The Hall–Kier alpha value is -1.75. The maximum atomic E-state index is 12.0. The first-order valence-electron chi connectivity index (χ1n) is 6.95. The molecule has 1 saturated carbocycles. The summed E-state index contributed by atoms with van der Waals surface area (Å²) in [5.74, 6) is 0.445. The van der Waals surface area contributed by atoms with E-state index < -0.39 is 4.92 Å². The molecule has 0 heterocycles. The van der Waals surface area contributed by atoms with Crippen molar-refractivity contribution < 1.29 is 14.5 Å². The number of nitrogens with zero attached hydrogens (tertiary/aromatic N) is 1. The van der Waals surface area contributed by atoms with Crippen LogP contribution in [-0.2, 0) is 16.0 Å². The van der Waals surface area contributed by atoms with Gasteiger partial charge in [-0.3, -0.25) is 14.9 Å². The van der Waals surface area contributed by atoms with E-state index in [1.165, 1.54) is 6.07 Å². The van der Waals surface area contributed by atoms with E-state index in [-0.39, 0.29) is 17.9 Å². The van der Waals surface area contributed by atoms with Crippen molar-refractivity contribution in [3.63, 3.8) is 0 Å². The summed E-state index contributed by atoms with van der Waals surface area (Å²) in [6.07, 6.45) is 2.79. The van der Waals surface area contributed by atoms with Gasteiger partial charge in [0.1, 0.15) is 5.78 Å². The molecule has 0 atom stereocenters. The lowest BCUT2D eigenvalue weighted by Gasteiger charge is -2.34. The number of ether oxygens (including phenoxy) is 1. The van der Waals surface area contributed by atoms with Crippen LogP contribution in [0.5, 0.6) is 0 Å². The van der Waals surface area contributed by atoms with Gasteiger partial charge in [0.15, 0.2) is 0 Å². The molecule has 0 saturated heterocycles. The molecule has 0 unspecified atom stereocenters. The SMILES string of the molecule is CCOC1CC(CC(=O)Cc2ccccc2[N+](=O)[O-])C1. The second kappa shape index (κ2) is 6.61. The normalized spacial score (nSPS) is 21.2. The maximum absolute atomic E-state index is 12.0. The number of carbonyl (C=O) groups excluding carboxylic acids is 1. The minimum atomic E-state index is -0.433. The average molecular weight is 277 g/mol. The molecule has 1 aliphatic carbocycles. The fraction of sp³-hybridized carbons (Fsp3) is 0.533. The lowest BCUT2D eigenvalue weighted by atomic mass is 9.78. The van der Waals surface area contributed by atoms with Crippen LogP contribution in [0.15, 0.2) is 24.3 Å². The highest BCUT2D eigenvalue weighted by Gasteiger charge is 2.31. The summed E-state index contributed by atoms with van der Waals surface area (Å²) in [7, 11) is 0. The summed E-state index contributed by atoms with van der Waals surface area (Å²) in [5, 5.41) is 10.9. The van der Waals surface area contributed by atoms with Crippen LogP contribution in [0, 0.1) is 16.0 Å². The van der Waals surface area contributed by atoms with Crippen molar-refractivity contribution in [3.05, 3.63) is 39.9 Å². The first-order valence-corrected chi connectivity index (χ1v) is 6.95. The molecule has 0 aromatic heterocycles. The maximum Gasteiger partial charge on any atom is 0.273 e. The number of hydrogen-bond acceptors (Lipinski definition) is 4. The molecule has 0 amide bonds. The predicted octanol–water partition coefficient (Wildman–Crippen LogP) is 2.91. The van der Waals surface area contributed by atoms with Crippen molar-refractivity contribution in [2.75, 3.05) is 6.61 Å². The number of benzene rings is 1. The molecule has 0 spiro atoms. The van der Waals surface area contributed by atoms with E-state index in [2.05, 4.69) is 0 Å². The van der Waals surface area contributed by atoms with E-state index in [4.69, 9.17) is 4.74 Å². The summed E-state index contributed by atoms with van der Waals surface area (Å²) in [6, 6.07) is 6.44. The van der Waals surface area contributed by atoms with Crippen molar-refractivity contribution in [2.45, 2.75) is 38.7 Å². The molecule has 2 rings (SSSR count). The standard InChI is InChI=1S/C15H19NO4/c1-2-20-14-8-11(9-14)7-13(17)10-12-5-3-4-6-15(12)16(18)19/h3-6,11,14H,2,7-10H2,1H3. The molecule has 5 nitrogen and oxygen atoms in total. The molecule has 5 heteroatoms. The zero-order chi connectivity index (χ0) is 14.5. The minimum Gasteiger partial charge on any atom is -0.378 e. The topological polar surface area (TPSA) is 69.4 Å². The van der Waals surface area contributed by atoms with E-state index >= 15 is 0 Å². The highest BCUT2D eigenvalue weighted by atomic mass is 16.6. The molecular weight excluding hydrogens is 258 g/mol. The third-order valence-electron chi connectivity index (χ3n) is 3.69. The van der Waals surface area contributed by atoms with E-state index in [1.54, 1.807) is 18.2 Å². The summed E-state index contributed by atoms with van der Waals surface area (Å²) in [4.78, 5) is 22.4. The van der Waals surface area contributed by atoms with Crippen molar-refractivity contribution in [1.82, 2.24) is 0 Å². The molecule has 1 fully saturated rings. The van der Waals surface area contributed by atoms with Gasteiger partial charge in [-0.1, -0.05) is 18.2 Å². The van der Waals surface area contributed by atoms with Gasteiger partial charge in [0, 0.05) is 31.1 Å². The Morgan fingerprint density at radius 2 is 2.10 bits per heavy atom. The third kappa shape index (κ3) is 3.63. The van der Waals surface area contributed by atoms with Gasteiger partial charge in [-0.15, -0.1) is 0 Å². The molecule has 1 aliphatic rings. The molecule has 0 radical (unpaired) electrons. The molecule has 108 valence electrons. The van der Waals surface area contributed by atoms with Gasteiger partial charge in [0.25, 0.3) is 5.69 Å². The fourth-order valence-corrected chi connectivity index (χ4v) is 2.66. The van der Waals surface area contributed by atoms with Crippen LogP contribution in [0.1, 0.15) is 31.7 Å². The van der Waals surface area contributed by atoms with Crippen LogP contribution >= 0.6 is 0 Å². The van der Waals surface area contributed by atoms with Gasteiger partial charge in [-0.25, -0.2) is 0 Å². The minimum absolute atomic E-state index is 0.0293. The third-order valence-corrected chi connectivity index (χ3v) is 3.69. The lowest BCUT2D eigenvalue weighted by molar-refractivity contribution is -0.385. The molecule has 20 heavy (non-hydrogen) atoms. The van der Waals surface area contributed by atoms with Crippen LogP contribution in [0.25, 0.3) is 0 Å². The van der Waals surface area contributed by atoms with Crippen molar-refractivity contribution in [2.24, 2.45) is 5.92 Å². The Morgan fingerprint density at radius 3 is 2.75 bits per heavy atom. The second-order valence-corrected chi connectivity index (χ2v) is 5.22. The zero-order valence-corrected chi connectivity index (χ0v) is 11.6. The smallest absolute Gasteiger partial charge is 0.273 e. The molecule has 1 aromatic carbocycles. The first-order chi connectivity index (χ1) is 9.60. The van der Waals surface area contributed by atoms with Gasteiger partial charge in [-0.2, -0.15) is 0 Å². The molecule has 0 N–H and O–H groups in total. The van der Waals surface area contributed by atoms with E-state index in [0.717, 1.165) is 12.8 Å². The van der Waals surface area contributed by atoms with Crippen molar-refractivity contribution >= 4 is 11.5 Å². The zero-order valence-electron chi connectivity index (χ0n) is 11.6. The van der Waals surface area contributed by atoms with E-state index in [1.807, 2.05) is 6.92 Å². The van der Waals surface area contributed by atoms with Crippen LogP contribution < -0.4 is 0 Å². The number of Topliss-reactive ketones (excluding diaryl/α,β-unsaturated/α-hetero) is 1. The number of nitro groups is 1. The van der Waals surface area contributed by atoms with Crippen LogP contribution in [0.2, 0.25) is 0 Å². The quantitative estimate of drug-likeness (QED) is 0.567. The second-order valence-electron chi connectivity index (χ2n) is 5.22. The van der Waals surface area contributed by atoms with Gasteiger partial charge in [0.2, 0.25) is 0 Å². The Balaban J connectivity index is 1.85. The van der Waals surface area contributed by atoms with Gasteiger partial charge < -0.3 is 4.74 Å². The summed E-state index contributed by atoms with van der Waals surface area (Å²) >= 11 is 0. The van der Waals surface area contributed by atoms with Crippen molar-refractivity contribution in [1.29, 1.82) is 0 Å². The van der Waals surface area contributed by atoms with E-state index in [0.29, 0.717) is 30.6 Å². The summed E-state index contributed by atoms with van der Waals surface area (Å²) in [6.45, 7) is 2.68. The van der Waals surface area contributed by atoms with Crippen LogP contribution in [0.3, 0.4) is 0 Å². The number of hydrogen-bond donors (Lipinski definition) is 0. The first kappa shape index (κ1) is 14.7. The molecular formula is C15H19NO4. The highest BCUT2D eigenvalue weighted by molar-refractivity contribution is 5.82. The Morgan fingerprint density at radius 1 is 1.40 bits per heavy atom. The summed E-state index contributed by atoms with van der Waals surface area (Å²) in [5.41, 5.74) is 0.532. The number of ketones is 1. The van der Waals surface area contributed by atoms with Gasteiger partial charge in [0.05, 0.1) is 11.0 Å². The van der Waals surface area contributed by atoms with Crippen LogP contribution in [0.4, 0.5) is 5.69 Å². The van der Waals surface area contributed by atoms with E-state index in [9.17, 15) is 14.9 Å². The average Bonchev–Trinajstić information content (AvgIpc) is 2.36. The molecule has 0 bridgehead atoms. The number of carbonyl (C=O) groups is 1. The Bertz CT molecular complexity index is 494. The Labute approximate surface area is 118 Å². The number of rotatable bonds is 7. The monoisotopic (exact) mass is 277 g/mol.